The number of fused-ring (bicyclic) bond motifs is 2. The van der Waals surface area contributed by atoms with E-state index in [9.17, 15) is 31.2 Å². The van der Waals surface area contributed by atoms with Crippen molar-refractivity contribution in [3.63, 3.8) is 0 Å². The first-order valence-electron chi connectivity index (χ1n) is 17.4. The largest absolute Gasteiger partial charge is 0.349 e. The summed E-state index contributed by atoms with van der Waals surface area (Å²) in [7, 11) is -7.95. The van der Waals surface area contributed by atoms with Crippen LogP contribution in [0.4, 0.5) is 0 Å². The van der Waals surface area contributed by atoms with E-state index in [-0.39, 0.29) is 50.2 Å². The molecule has 6 rings (SSSR count). The van der Waals surface area contributed by atoms with Crippen LogP contribution in [0.5, 0.6) is 0 Å². The topological polar surface area (TPSA) is 213 Å². The molecule has 0 radical (unpaired) electrons. The lowest BCUT2D eigenvalue weighted by Gasteiger charge is -2.11. The van der Waals surface area contributed by atoms with Gasteiger partial charge in [-0.2, -0.15) is 0 Å². The quantitative estimate of drug-likeness (QED) is 0.0496. The number of aryl methyl sites for hydroxylation is 4. The zero-order valence-electron chi connectivity index (χ0n) is 32.5. The number of aromatic amines is 2. The number of ketones is 1. The number of hydrogen-bond acceptors (Lipinski definition) is 9. The molecule has 0 saturated heterocycles. The fourth-order valence-electron chi connectivity index (χ4n) is 5.91. The van der Waals surface area contributed by atoms with Gasteiger partial charge in [-0.25, -0.2) is 28.1 Å². The predicted molar refractivity (Wildman–Crippen MR) is 230 cm³/mol. The van der Waals surface area contributed by atoms with Gasteiger partial charge in [0, 0.05) is 37.9 Å². The van der Waals surface area contributed by atoms with Gasteiger partial charge in [-0.1, -0.05) is 42.8 Å². The van der Waals surface area contributed by atoms with E-state index in [0.29, 0.717) is 31.9 Å². The summed E-state index contributed by atoms with van der Waals surface area (Å²) in [5.41, 5.74) is 11.4. The number of nitrogen functional groups attached to an aromatic ring is 1. The first-order chi connectivity index (χ1) is 26.6. The Morgan fingerprint density at radius 1 is 0.621 bits per heavy atom. The van der Waals surface area contributed by atoms with Crippen LogP contribution in [-0.4, -0.2) is 50.4 Å². The molecule has 2 amide bonds. The highest BCUT2D eigenvalue weighted by molar-refractivity contribution is 7.92. The van der Waals surface area contributed by atoms with Crippen molar-refractivity contribution in [2.45, 2.75) is 88.4 Å². The number of amides is 2. The van der Waals surface area contributed by atoms with Crippen LogP contribution in [0.15, 0.2) is 92.4 Å². The normalized spacial score (nSPS) is 11.2. The number of Topliss-reactive ketones (excluding diaryl/α,β-unsaturated/α-hetero) is 1. The minimum atomic E-state index is -3.98. The maximum Gasteiger partial charge on any atom is 0.283 e. The molecule has 17 heteroatoms. The lowest BCUT2D eigenvalue weighted by atomic mass is 10.2. The number of aromatic nitrogens is 2. The van der Waals surface area contributed by atoms with Gasteiger partial charge in [-0.15, -0.1) is 0 Å². The Morgan fingerprint density at radius 2 is 0.966 bits per heavy atom. The van der Waals surface area contributed by atoms with Crippen molar-refractivity contribution in [1.82, 2.24) is 26.2 Å². The molecular weight excluding hydrogens is 824 g/mol. The van der Waals surface area contributed by atoms with E-state index < -0.39 is 31.5 Å². The molecular formula is C41H48Cl2N6O7S2. The lowest BCUT2D eigenvalue weighted by molar-refractivity contribution is -0.115. The molecule has 6 aromatic rings. The van der Waals surface area contributed by atoms with Crippen LogP contribution in [0.3, 0.4) is 0 Å². The van der Waals surface area contributed by atoms with Crippen LogP contribution in [0.25, 0.3) is 21.8 Å². The van der Waals surface area contributed by atoms with E-state index in [1.165, 1.54) is 19.9 Å². The number of carbonyl (C=O) groups excluding carboxylic acids is 3. The summed E-state index contributed by atoms with van der Waals surface area (Å²) >= 11 is 12.1. The number of sulfone groups is 2. The zero-order valence-corrected chi connectivity index (χ0v) is 35.7. The number of nitrogens with two attached hydrogens (primary N) is 1. The number of H-pyrrole nitrogens is 2. The monoisotopic (exact) mass is 870 g/mol. The van der Waals surface area contributed by atoms with Gasteiger partial charge in [0.2, 0.25) is 19.7 Å². The number of rotatable bonds is 8. The molecule has 310 valence electrons. The van der Waals surface area contributed by atoms with Crippen LogP contribution in [0, 0.1) is 27.7 Å². The molecule has 0 aliphatic heterocycles. The molecule has 2 aromatic heterocycles. The van der Waals surface area contributed by atoms with E-state index in [0.717, 1.165) is 22.3 Å². The third kappa shape index (κ3) is 10.9. The van der Waals surface area contributed by atoms with E-state index in [1.807, 2.05) is 59.1 Å². The molecule has 7 N–H and O–H groups in total. The van der Waals surface area contributed by atoms with Crippen molar-refractivity contribution in [3.05, 3.63) is 116 Å². The summed E-state index contributed by atoms with van der Waals surface area (Å²) in [6.45, 7) is 14.1. The molecule has 0 spiro atoms. The summed E-state index contributed by atoms with van der Waals surface area (Å²) in [5.74, 6) is 4.09. The molecule has 4 aromatic carbocycles. The van der Waals surface area contributed by atoms with Gasteiger partial charge < -0.3 is 14.8 Å². The van der Waals surface area contributed by atoms with Gasteiger partial charge in [-0.05, 0) is 138 Å². The van der Waals surface area contributed by atoms with Crippen LogP contribution in [-0.2, 0) is 24.5 Å². The number of halogens is 2. The highest BCUT2D eigenvalue weighted by Crippen LogP contribution is 2.35. The van der Waals surface area contributed by atoms with Gasteiger partial charge in [0.1, 0.15) is 27.0 Å². The fourth-order valence-corrected chi connectivity index (χ4v) is 9.83. The van der Waals surface area contributed by atoms with Crippen molar-refractivity contribution < 1.29 is 31.2 Å². The Bertz CT molecular complexity index is 2700. The average Bonchev–Trinajstić information content (AvgIpc) is 3.69. The number of hydrazine groups is 2. The Kier molecular flexibility index (Phi) is 15.6. The van der Waals surface area contributed by atoms with Crippen molar-refractivity contribution in [2.75, 3.05) is 0 Å². The van der Waals surface area contributed by atoms with Crippen molar-refractivity contribution >= 4 is 82.3 Å². The highest BCUT2D eigenvalue weighted by atomic mass is 35.5. The molecule has 0 saturated carbocycles. The first-order valence-corrected chi connectivity index (χ1v) is 21.1. The minimum absolute atomic E-state index is 0. The Hall–Kier alpha value is -5.03. The van der Waals surface area contributed by atoms with Crippen molar-refractivity contribution in [1.29, 1.82) is 0 Å². The first kappa shape index (κ1) is 47.3. The van der Waals surface area contributed by atoms with Gasteiger partial charge in [0.05, 0.1) is 9.79 Å². The molecule has 0 atom stereocenters. The van der Waals surface area contributed by atoms with E-state index in [1.54, 1.807) is 54.6 Å². The summed E-state index contributed by atoms with van der Waals surface area (Å²) in [4.78, 5) is 40.1. The third-order valence-corrected chi connectivity index (χ3v) is 12.1. The molecule has 58 heavy (non-hydrogen) atoms. The van der Waals surface area contributed by atoms with Gasteiger partial charge in [0.25, 0.3) is 11.8 Å². The van der Waals surface area contributed by atoms with Gasteiger partial charge in [-0.3, -0.25) is 20.4 Å². The maximum absolute atomic E-state index is 13.5. The van der Waals surface area contributed by atoms with Crippen LogP contribution >= 0.6 is 23.2 Å². The predicted octanol–water partition coefficient (Wildman–Crippen LogP) is 8.02. The van der Waals surface area contributed by atoms with E-state index in [4.69, 9.17) is 29.0 Å². The Balaban J connectivity index is 0.000000281. The summed E-state index contributed by atoms with van der Waals surface area (Å²) in [6.07, 6.45) is 0. The van der Waals surface area contributed by atoms with Crippen molar-refractivity contribution in [2.24, 2.45) is 5.84 Å². The van der Waals surface area contributed by atoms with Crippen LogP contribution < -0.4 is 22.1 Å². The highest BCUT2D eigenvalue weighted by Gasteiger charge is 2.31. The van der Waals surface area contributed by atoms with E-state index in [2.05, 4.69) is 20.8 Å². The van der Waals surface area contributed by atoms with Crippen LogP contribution in [0.2, 0.25) is 10.0 Å². The number of hydrogen-bond donors (Lipinski definition) is 6. The Morgan fingerprint density at radius 3 is 1.29 bits per heavy atom. The van der Waals surface area contributed by atoms with Crippen LogP contribution in [0.1, 0.15) is 78.4 Å². The second-order valence-electron chi connectivity index (χ2n) is 13.8. The molecule has 2 heterocycles. The summed E-state index contributed by atoms with van der Waals surface area (Å²) in [6, 6.07) is 19.7. The molecule has 0 aliphatic carbocycles. The number of benzene rings is 4. The fraction of sp³-hybridized carbons (Fsp3) is 0.244. The van der Waals surface area contributed by atoms with Gasteiger partial charge in [0.15, 0.2) is 0 Å². The minimum Gasteiger partial charge on any atom is -0.349 e. The SMILES string of the molecule is C.CC(C)=O.Cc1cc(C)cc(S(=O)(=O)c2c(C(=O)NN)[nH]c3ccc(Cl)cc23)c1.Cc1cc(C)cc(S(=O)(=O)c2c(C(=O)NNC(C)C)[nH]c3ccc(Cl)cc23)c1. The molecule has 0 aliphatic rings. The molecule has 13 nitrogen and oxygen atoms in total. The second-order valence-corrected chi connectivity index (χ2v) is 18.5. The standard InChI is InChI=1S/C20H22ClN3O3S.C17H16ClN3O3S.C3H6O.CH4/c1-11(2)23-24-20(25)18-19(16-10-14(21)5-6-17(16)22-18)28(26,27)15-8-12(3)7-13(4)9-15;1-9-5-10(2)7-12(6-9)25(23,24)16-13-8-11(18)3-4-14(13)20-15(16)17(22)21-19;1-3(2)4;/h5-11,22-23H,1-4H3,(H,24,25);3-8,20H,19H2,1-2H3,(H,21,22);1-2H3;1H4. The lowest BCUT2D eigenvalue weighted by Crippen LogP contribution is -2.42. The summed E-state index contributed by atoms with van der Waals surface area (Å²) in [5, 5.41) is 1.46. The maximum atomic E-state index is 13.5. The van der Waals surface area contributed by atoms with E-state index >= 15 is 0 Å². The van der Waals surface area contributed by atoms with Gasteiger partial charge >= 0.3 is 0 Å². The third-order valence-electron chi connectivity index (χ3n) is 8.03. The molecule has 0 fully saturated rings. The summed E-state index contributed by atoms with van der Waals surface area (Å²) < 4.78 is 53.6. The average molecular weight is 872 g/mol. The zero-order chi connectivity index (χ0) is 42.6. The molecule has 0 unspecified atom stereocenters. The Labute approximate surface area is 348 Å². The molecule has 0 bridgehead atoms. The smallest absolute Gasteiger partial charge is 0.283 e. The number of nitrogens with one attached hydrogen (secondary N) is 5. The van der Waals surface area contributed by atoms with Crippen molar-refractivity contribution in [3.8, 4) is 0 Å². The second kappa shape index (κ2) is 19.1. The number of carbonyl (C=O) groups is 3.